The van der Waals surface area contributed by atoms with Crippen LogP contribution in [0.2, 0.25) is 0 Å². The van der Waals surface area contributed by atoms with E-state index in [1.807, 2.05) is 36.4 Å². The van der Waals surface area contributed by atoms with Gasteiger partial charge in [-0.25, -0.2) is 0 Å². The number of carbonyl (C=O) groups is 1. The molecule has 3 nitrogen and oxygen atoms in total. The van der Waals surface area contributed by atoms with E-state index in [1.165, 1.54) is 16.7 Å². The summed E-state index contributed by atoms with van der Waals surface area (Å²) in [5.41, 5.74) is 1.83. The molecule has 0 radical (unpaired) electrons. The number of nitrogens with zero attached hydrogens (tertiary/aromatic N) is 2. The van der Waals surface area contributed by atoms with Gasteiger partial charge in [0.25, 0.3) is 5.91 Å². The molecule has 26 heavy (non-hydrogen) atoms. The molecule has 3 heterocycles. The van der Waals surface area contributed by atoms with Gasteiger partial charge in [0.05, 0.1) is 16.8 Å². The summed E-state index contributed by atoms with van der Waals surface area (Å²) in [4.78, 5) is 21.2. The fourth-order valence-corrected chi connectivity index (χ4v) is 5.53. The molecule has 1 saturated heterocycles. The van der Waals surface area contributed by atoms with Crippen LogP contribution in [0, 0.1) is 0 Å². The Balaban J connectivity index is 1.63. The molecule has 128 valence electrons. The largest absolute Gasteiger partial charge is 0.270 e. The van der Waals surface area contributed by atoms with Crippen molar-refractivity contribution in [3.05, 3.63) is 75.2 Å². The minimum Gasteiger partial charge on any atom is -0.268 e. The molecule has 0 unspecified atom stereocenters. The minimum atomic E-state index is -0.108. The number of amides is 1. The van der Waals surface area contributed by atoms with Crippen LogP contribution in [0.1, 0.15) is 4.88 Å². The predicted molar refractivity (Wildman–Crippen MR) is 117 cm³/mol. The van der Waals surface area contributed by atoms with Gasteiger partial charge in [-0.05, 0) is 36.4 Å². The van der Waals surface area contributed by atoms with E-state index in [0.29, 0.717) is 14.9 Å². The molecular formula is C19H11BrN2OS3. The molecular weight excluding hydrogens is 448 g/mol. The third-order valence-electron chi connectivity index (χ3n) is 3.74. The zero-order valence-corrected chi connectivity index (χ0v) is 17.3. The van der Waals surface area contributed by atoms with Gasteiger partial charge in [0, 0.05) is 26.0 Å². The van der Waals surface area contributed by atoms with Crippen molar-refractivity contribution in [2.75, 3.05) is 4.90 Å². The molecule has 1 aromatic carbocycles. The summed E-state index contributed by atoms with van der Waals surface area (Å²) in [6, 6.07) is 15.8. The van der Waals surface area contributed by atoms with Crippen molar-refractivity contribution < 1.29 is 4.79 Å². The number of pyridine rings is 1. The van der Waals surface area contributed by atoms with Crippen LogP contribution in [0.5, 0.6) is 0 Å². The van der Waals surface area contributed by atoms with Crippen molar-refractivity contribution >= 4 is 73.2 Å². The highest BCUT2D eigenvalue weighted by atomic mass is 79.9. The lowest BCUT2D eigenvalue weighted by atomic mass is 10.2. The Kier molecular flexibility index (Phi) is 5.04. The van der Waals surface area contributed by atoms with E-state index in [-0.39, 0.29) is 5.91 Å². The Hall–Kier alpha value is -1.80. The molecule has 1 aliphatic heterocycles. The number of carbonyl (C=O) groups excluding carboxylic acids is 1. The van der Waals surface area contributed by atoms with Crippen molar-refractivity contribution in [3.8, 4) is 10.4 Å². The number of thioether (sulfide) groups is 1. The first-order valence-electron chi connectivity index (χ1n) is 7.66. The summed E-state index contributed by atoms with van der Waals surface area (Å²) >= 11 is 11.9. The SMILES string of the molecule is O=C1/C(=C/c2ccc(-c3ccccc3Br)s2)SC(=S)N1c1cccnc1. The van der Waals surface area contributed by atoms with Gasteiger partial charge in [-0.1, -0.05) is 58.1 Å². The first-order chi connectivity index (χ1) is 12.6. The molecule has 1 aliphatic rings. The van der Waals surface area contributed by atoms with Gasteiger partial charge in [0.1, 0.15) is 0 Å². The zero-order chi connectivity index (χ0) is 18.1. The summed E-state index contributed by atoms with van der Waals surface area (Å²) < 4.78 is 1.58. The lowest BCUT2D eigenvalue weighted by Crippen LogP contribution is -2.27. The summed E-state index contributed by atoms with van der Waals surface area (Å²) in [6.07, 6.45) is 5.22. The normalized spacial score (nSPS) is 15.9. The molecule has 4 rings (SSSR count). The summed E-state index contributed by atoms with van der Waals surface area (Å²) in [6.45, 7) is 0. The van der Waals surface area contributed by atoms with Gasteiger partial charge in [0.15, 0.2) is 4.32 Å². The number of benzene rings is 1. The average Bonchev–Trinajstić information content (AvgIpc) is 3.21. The van der Waals surface area contributed by atoms with Crippen molar-refractivity contribution in [2.45, 2.75) is 0 Å². The quantitative estimate of drug-likeness (QED) is 0.357. The van der Waals surface area contributed by atoms with Gasteiger partial charge < -0.3 is 0 Å². The van der Waals surface area contributed by atoms with E-state index in [2.05, 4.69) is 33.0 Å². The highest BCUT2D eigenvalue weighted by Crippen LogP contribution is 2.38. The van der Waals surface area contributed by atoms with Gasteiger partial charge >= 0.3 is 0 Å². The number of hydrogen-bond donors (Lipinski definition) is 0. The molecule has 0 bridgehead atoms. The van der Waals surface area contributed by atoms with E-state index in [4.69, 9.17) is 12.2 Å². The Morgan fingerprint density at radius 1 is 1.12 bits per heavy atom. The average molecular weight is 459 g/mol. The van der Waals surface area contributed by atoms with E-state index >= 15 is 0 Å². The molecule has 0 N–H and O–H groups in total. The lowest BCUT2D eigenvalue weighted by molar-refractivity contribution is -0.113. The monoisotopic (exact) mass is 458 g/mol. The van der Waals surface area contributed by atoms with Crippen LogP contribution in [-0.2, 0) is 4.79 Å². The van der Waals surface area contributed by atoms with E-state index < -0.39 is 0 Å². The van der Waals surface area contributed by atoms with E-state index in [9.17, 15) is 4.79 Å². The first kappa shape index (κ1) is 17.6. The molecule has 7 heteroatoms. The molecule has 2 aromatic heterocycles. The first-order valence-corrected chi connectivity index (χ1v) is 10.5. The summed E-state index contributed by atoms with van der Waals surface area (Å²) in [5.74, 6) is -0.108. The number of hydrogen-bond acceptors (Lipinski definition) is 5. The third kappa shape index (κ3) is 3.40. The number of thiophene rings is 1. The number of thiocarbonyl (C=S) groups is 1. The Morgan fingerprint density at radius 2 is 1.96 bits per heavy atom. The maximum absolute atomic E-state index is 12.8. The fraction of sp³-hybridized carbons (Fsp3) is 0. The van der Waals surface area contributed by atoms with Crippen LogP contribution in [-0.4, -0.2) is 15.2 Å². The van der Waals surface area contributed by atoms with Gasteiger partial charge in [-0.15, -0.1) is 11.3 Å². The molecule has 0 atom stereocenters. The number of aromatic nitrogens is 1. The number of rotatable bonds is 3. The van der Waals surface area contributed by atoms with Crippen LogP contribution in [0.3, 0.4) is 0 Å². The van der Waals surface area contributed by atoms with E-state index in [0.717, 1.165) is 19.8 Å². The zero-order valence-electron chi connectivity index (χ0n) is 13.3. The second-order valence-electron chi connectivity index (χ2n) is 5.41. The fourth-order valence-electron chi connectivity index (χ4n) is 2.54. The summed E-state index contributed by atoms with van der Waals surface area (Å²) in [5, 5.41) is 0. The van der Waals surface area contributed by atoms with Crippen LogP contribution in [0.25, 0.3) is 16.5 Å². The van der Waals surface area contributed by atoms with Crippen molar-refractivity contribution in [2.24, 2.45) is 0 Å². The highest BCUT2D eigenvalue weighted by molar-refractivity contribution is 9.10. The standard InChI is InChI=1S/C19H11BrN2OS3/c20-15-6-2-1-5-14(15)16-8-7-13(25-16)10-17-18(23)22(19(24)26-17)12-4-3-9-21-11-12/h1-11H/b17-10-. The van der Waals surface area contributed by atoms with Gasteiger partial charge in [-0.3, -0.25) is 14.7 Å². The second kappa shape index (κ2) is 7.44. The topological polar surface area (TPSA) is 33.2 Å². The van der Waals surface area contributed by atoms with Crippen LogP contribution < -0.4 is 4.90 Å². The minimum absolute atomic E-state index is 0.108. The third-order valence-corrected chi connectivity index (χ3v) is 6.80. The van der Waals surface area contributed by atoms with Crippen LogP contribution >= 0.6 is 51.2 Å². The van der Waals surface area contributed by atoms with E-state index in [1.54, 1.807) is 29.8 Å². The Bertz CT molecular complexity index is 1030. The van der Waals surface area contributed by atoms with Crippen LogP contribution in [0.15, 0.2) is 70.3 Å². The number of halogens is 1. The second-order valence-corrected chi connectivity index (χ2v) is 9.06. The molecule has 0 aliphatic carbocycles. The molecule has 0 spiro atoms. The van der Waals surface area contributed by atoms with Gasteiger partial charge in [0.2, 0.25) is 0 Å². The van der Waals surface area contributed by atoms with Crippen molar-refractivity contribution in [3.63, 3.8) is 0 Å². The van der Waals surface area contributed by atoms with Crippen molar-refractivity contribution in [1.29, 1.82) is 0 Å². The Labute approximate surface area is 172 Å². The highest BCUT2D eigenvalue weighted by Gasteiger charge is 2.33. The molecule has 1 amide bonds. The summed E-state index contributed by atoms with van der Waals surface area (Å²) in [7, 11) is 0. The lowest BCUT2D eigenvalue weighted by Gasteiger charge is -2.13. The smallest absolute Gasteiger partial charge is 0.268 e. The van der Waals surface area contributed by atoms with Crippen LogP contribution in [0.4, 0.5) is 5.69 Å². The Morgan fingerprint density at radius 3 is 2.73 bits per heavy atom. The maximum Gasteiger partial charge on any atom is 0.270 e. The predicted octanol–water partition coefficient (Wildman–Crippen LogP) is 5.98. The molecule has 3 aromatic rings. The van der Waals surface area contributed by atoms with Crippen molar-refractivity contribution in [1.82, 2.24) is 4.98 Å². The van der Waals surface area contributed by atoms with Gasteiger partial charge in [-0.2, -0.15) is 0 Å². The molecule has 0 saturated carbocycles. The maximum atomic E-state index is 12.8. The molecule has 1 fully saturated rings. The number of anilines is 1.